The molecular weight excluding hydrogens is 449 g/mol. The number of piperazine rings is 1. The van der Waals surface area contributed by atoms with Crippen LogP contribution < -0.4 is 10.1 Å². The zero-order valence-corrected chi connectivity index (χ0v) is 18.6. The molecule has 3 aromatic rings. The highest BCUT2D eigenvalue weighted by Crippen LogP contribution is 2.31. The van der Waals surface area contributed by atoms with Crippen LogP contribution >= 0.6 is 0 Å². The van der Waals surface area contributed by atoms with Crippen LogP contribution in [-0.2, 0) is 0 Å². The fraction of sp³-hybridized carbons (Fsp3) is 0.333. The number of ether oxygens (including phenoxy) is 1. The number of nitrogens with zero attached hydrogens (tertiary/aromatic N) is 3. The lowest BCUT2D eigenvalue weighted by Crippen LogP contribution is -2.46. The lowest BCUT2D eigenvalue weighted by molar-refractivity contribution is -0.274. The molecule has 1 aromatic heterocycles. The molecule has 0 aliphatic carbocycles. The molecule has 1 aliphatic rings. The molecule has 1 saturated heterocycles. The van der Waals surface area contributed by atoms with Crippen LogP contribution in [0.3, 0.4) is 0 Å². The van der Waals surface area contributed by atoms with Crippen LogP contribution in [0, 0.1) is 0 Å². The van der Waals surface area contributed by atoms with Crippen molar-refractivity contribution < 1.29 is 27.1 Å². The topological polar surface area (TPSA) is 70.8 Å². The van der Waals surface area contributed by atoms with Crippen LogP contribution in [0.1, 0.15) is 10.5 Å². The van der Waals surface area contributed by atoms with Crippen molar-refractivity contribution in [3.63, 3.8) is 0 Å². The summed E-state index contributed by atoms with van der Waals surface area (Å²) in [7, 11) is 2.09. The van der Waals surface area contributed by atoms with E-state index in [1.165, 1.54) is 24.3 Å². The van der Waals surface area contributed by atoms with Crippen molar-refractivity contribution in [1.82, 2.24) is 20.1 Å². The molecule has 34 heavy (non-hydrogen) atoms. The third-order valence-electron chi connectivity index (χ3n) is 5.52. The average Bonchev–Trinajstić information content (AvgIpc) is 3.26. The fourth-order valence-electron chi connectivity index (χ4n) is 3.66. The van der Waals surface area contributed by atoms with Crippen LogP contribution in [0.5, 0.6) is 5.75 Å². The quantitative estimate of drug-likeness (QED) is 0.561. The number of benzene rings is 2. The molecule has 0 atom stereocenters. The first-order chi connectivity index (χ1) is 16.3. The van der Waals surface area contributed by atoms with Gasteiger partial charge in [0.15, 0.2) is 11.5 Å². The summed E-state index contributed by atoms with van der Waals surface area (Å²) in [5.74, 6) is -0.307. The zero-order chi connectivity index (χ0) is 24.1. The number of hydrogen-bond donors (Lipinski definition) is 1. The zero-order valence-electron chi connectivity index (χ0n) is 18.6. The van der Waals surface area contributed by atoms with Gasteiger partial charge in [0.2, 0.25) is 5.89 Å². The first-order valence-electron chi connectivity index (χ1n) is 10.9. The SMILES string of the molecule is CN1CCN(CCNC(=O)c2nc(-c3ccc(OC(F)(F)F)cc3)oc2-c2ccccc2)CC1. The summed E-state index contributed by atoms with van der Waals surface area (Å²) in [6.45, 7) is 5.07. The Bertz CT molecular complexity index is 1090. The van der Waals surface area contributed by atoms with Crippen molar-refractivity contribution in [2.45, 2.75) is 6.36 Å². The summed E-state index contributed by atoms with van der Waals surface area (Å²) in [4.78, 5) is 21.9. The van der Waals surface area contributed by atoms with Gasteiger partial charge in [-0.1, -0.05) is 30.3 Å². The second-order valence-electron chi connectivity index (χ2n) is 8.04. The van der Waals surface area contributed by atoms with Crippen molar-refractivity contribution in [2.24, 2.45) is 0 Å². The summed E-state index contributed by atoms with van der Waals surface area (Å²) >= 11 is 0. The third-order valence-corrected chi connectivity index (χ3v) is 5.52. The number of rotatable bonds is 7. The molecule has 10 heteroatoms. The summed E-state index contributed by atoms with van der Waals surface area (Å²) in [5.41, 5.74) is 1.21. The van der Waals surface area contributed by atoms with Crippen LogP contribution in [0.25, 0.3) is 22.8 Å². The van der Waals surface area contributed by atoms with Gasteiger partial charge in [-0.2, -0.15) is 0 Å². The van der Waals surface area contributed by atoms with Crippen LogP contribution in [0.15, 0.2) is 59.0 Å². The molecule has 0 saturated carbocycles. The van der Waals surface area contributed by atoms with E-state index in [0.29, 0.717) is 23.4 Å². The van der Waals surface area contributed by atoms with Crippen molar-refractivity contribution in [3.8, 4) is 28.5 Å². The molecule has 7 nitrogen and oxygen atoms in total. The highest BCUT2D eigenvalue weighted by atomic mass is 19.4. The molecule has 0 radical (unpaired) electrons. The Labute approximate surface area is 195 Å². The Morgan fingerprint density at radius 1 is 1.03 bits per heavy atom. The first-order valence-corrected chi connectivity index (χ1v) is 10.9. The summed E-state index contributed by atoms with van der Waals surface area (Å²) < 4.78 is 47.1. The Kier molecular flexibility index (Phi) is 7.18. The molecule has 2 aromatic carbocycles. The fourth-order valence-corrected chi connectivity index (χ4v) is 3.66. The maximum atomic E-state index is 13.0. The van der Waals surface area contributed by atoms with E-state index < -0.39 is 6.36 Å². The average molecular weight is 474 g/mol. The number of aromatic nitrogens is 1. The van der Waals surface area contributed by atoms with E-state index in [1.54, 1.807) is 12.1 Å². The van der Waals surface area contributed by atoms with E-state index in [1.807, 2.05) is 18.2 Å². The highest BCUT2D eigenvalue weighted by molar-refractivity contribution is 5.98. The minimum Gasteiger partial charge on any atom is -0.435 e. The monoisotopic (exact) mass is 474 g/mol. The molecule has 180 valence electrons. The Morgan fingerprint density at radius 2 is 1.71 bits per heavy atom. The standard InChI is InChI=1S/C24H25F3N4O3/c1-30-13-15-31(16-14-30)12-11-28-22(32)20-21(17-5-3-2-4-6-17)33-23(29-20)18-7-9-19(10-8-18)34-24(25,26)27/h2-10H,11-16H2,1H3,(H,28,32). The largest absolute Gasteiger partial charge is 0.573 e. The second-order valence-corrected chi connectivity index (χ2v) is 8.04. The van der Waals surface area contributed by atoms with Gasteiger partial charge in [0, 0.05) is 50.4 Å². The van der Waals surface area contributed by atoms with Crippen molar-refractivity contribution in [1.29, 1.82) is 0 Å². The first kappa shape index (κ1) is 23.8. The molecule has 4 rings (SSSR count). The number of halogens is 3. The van der Waals surface area contributed by atoms with Crippen molar-refractivity contribution in [3.05, 3.63) is 60.3 Å². The number of amides is 1. The second kappa shape index (κ2) is 10.3. The van der Waals surface area contributed by atoms with Crippen LogP contribution in [-0.4, -0.2) is 73.4 Å². The molecule has 2 heterocycles. The molecular formula is C24H25F3N4O3. The number of carbonyl (C=O) groups is 1. The molecule has 0 unspecified atom stereocenters. The molecule has 1 amide bonds. The number of nitrogens with one attached hydrogen (secondary N) is 1. The number of oxazole rings is 1. The van der Waals surface area contributed by atoms with Gasteiger partial charge in [-0.25, -0.2) is 4.98 Å². The number of hydrogen-bond acceptors (Lipinski definition) is 6. The minimum atomic E-state index is -4.78. The summed E-state index contributed by atoms with van der Waals surface area (Å²) in [5, 5.41) is 2.91. The Hall–Kier alpha value is -3.37. The van der Waals surface area contributed by atoms with E-state index >= 15 is 0 Å². The smallest absolute Gasteiger partial charge is 0.435 e. The van der Waals surface area contributed by atoms with E-state index in [9.17, 15) is 18.0 Å². The molecule has 0 bridgehead atoms. The van der Waals surface area contributed by atoms with Gasteiger partial charge in [-0.15, -0.1) is 13.2 Å². The van der Waals surface area contributed by atoms with Gasteiger partial charge < -0.3 is 19.4 Å². The number of likely N-dealkylation sites (N-methyl/N-ethyl adjacent to an activating group) is 1. The van der Waals surface area contributed by atoms with Gasteiger partial charge in [0.25, 0.3) is 5.91 Å². The lowest BCUT2D eigenvalue weighted by Gasteiger charge is -2.32. The molecule has 1 N–H and O–H groups in total. The van der Waals surface area contributed by atoms with E-state index in [2.05, 4.69) is 31.9 Å². The number of carbonyl (C=O) groups excluding carboxylic acids is 1. The predicted molar refractivity (Wildman–Crippen MR) is 120 cm³/mol. The lowest BCUT2D eigenvalue weighted by atomic mass is 10.1. The van der Waals surface area contributed by atoms with Gasteiger partial charge in [-0.05, 0) is 31.3 Å². The summed E-state index contributed by atoms with van der Waals surface area (Å²) in [6, 6.07) is 14.2. The van der Waals surface area contributed by atoms with E-state index in [4.69, 9.17) is 4.42 Å². The van der Waals surface area contributed by atoms with E-state index in [0.717, 1.165) is 32.7 Å². The van der Waals surface area contributed by atoms with E-state index in [-0.39, 0.29) is 23.2 Å². The molecule has 1 aliphatic heterocycles. The number of alkyl halides is 3. The highest BCUT2D eigenvalue weighted by Gasteiger charge is 2.31. The van der Waals surface area contributed by atoms with Gasteiger partial charge in [0.05, 0.1) is 0 Å². The maximum absolute atomic E-state index is 13.0. The molecule has 0 spiro atoms. The maximum Gasteiger partial charge on any atom is 0.573 e. The van der Waals surface area contributed by atoms with Gasteiger partial charge >= 0.3 is 6.36 Å². The van der Waals surface area contributed by atoms with Gasteiger partial charge in [-0.3, -0.25) is 9.69 Å². The Balaban J connectivity index is 1.51. The van der Waals surface area contributed by atoms with Crippen molar-refractivity contribution >= 4 is 5.91 Å². The van der Waals surface area contributed by atoms with Crippen LogP contribution in [0.2, 0.25) is 0 Å². The minimum absolute atomic E-state index is 0.121. The van der Waals surface area contributed by atoms with Crippen LogP contribution in [0.4, 0.5) is 13.2 Å². The van der Waals surface area contributed by atoms with Gasteiger partial charge in [0.1, 0.15) is 5.75 Å². The predicted octanol–water partition coefficient (Wildman–Crippen LogP) is 3.88. The normalized spacial score (nSPS) is 15.3. The molecule has 1 fully saturated rings. The van der Waals surface area contributed by atoms with Crippen molar-refractivity contribution in [2.75, 3.05) is 46.3 Å². The third kappa shape index (κ3) is 6.15. The summed E-state index contributed by atoms with van der Waals surface area (Å²) in [6.07, 6.45) is -4.78. The Morgan fingerprint density at radius 3 is 2.35 bits per heavy atom.